The molecule has 17 heavy (non-hydrogen) atoms. The molecule has 0 aromatic heterocycles. The predicted molar refractivity (Wildman–Crippen MR) is 73.4 cm³/mol. The third-order valence-corrected chi connectivity index (χ3v) is 3.63. The van der Waals surface area contributed by atoms with Crippen molar-refractivity contribution in [2.24, 2.45) is 0 Å². The van der Waals surface area contributed by atoms with Gasteiger partial charge in [0, 0.05) is 18.5 Å². The highest BCUT2D eigenvalue weighted by atomic mass is 32.2. The quantitative estimate of drug-likeness (QED) is 0.760. The van der Waals surface area contributed by atoms with Gasteiger partial charge in [0.1, 0.15) is 0 Å². The Balaban J connectivity index is 2.59. The molecule has 0 aliphatic heterocycles. The lowest BCUT2D eigenvalue weighted by Gasteiger charge is -2.08. The van der Waals surface area contributed by atoms with Gasteiger partial charge in [-0.25, -0.2) is 0 Å². The maximum atomic E-state index is 11.2. The Bertz CT molecular complexity index is 380. The van der Waals surface area contributed by atoms with Gasteiger partial charge in [0.05, 0.1) is 5.75 Å². The third kappa shape index (κ3) is 4.79. The second-order valence-electron chi connectivity index (χ2n) is 3.84. The zero-order valence-corrected chi connectivity index (χ0v) is 11.5. The van der Waals surface area contributed by atoms with Crippen molar-refractivity contribution in [3.8, 4) is 0 Å². The van der Waals surface area contributed by atoms with Gasteiger partial charge in [0.2, 0.25) is 5.91 Å². The van der Waals surface area contributed by atoms with Gasteiger partial charge >= 0.3 is 0 Å². The summed E-state index contributed by atoms with van der Waals surface area (Å²) in [6.45, 7) is 6.06. The number of hydrogen-bond acceptors (Lipinski definition) is 3. The predicted octanol–water partition coefficient (Wildman–Crippen LogP) is 1.94. The molecule has 4 heteroatoms. The standard InChI is InChI=1S/C13H20N2OS/c1-4-15-8-11-5-6-12(10(2)7-11)17-9-13(16)14-3/h5-7,15H,4,8-9H2,1-3H3,(H,14,16). The molecule has 0 heterocycles. The first-order chi connectivity index (χ1) is 8.17. The number of hydrogen-bond donors (Lipinski definition) is 2. The fourth-order valence-corrected chi connectivity index (χ4v) is 2.35. The largest absolute Gasteiger partial charge is 0.358 e. The van der Waals surface area contributed by atoms with Crippen LogP contribution in [-0.4, -0.2) is 25.3 Å². The molecule has 0 atom stereocenters. The molecule has 0 aliphatic carbocycles. The van der Waals surface area contributed by atoms with Gasteiger partial charge in [-0.1, -0.05) is 19.1 Å². The summed E-state index contributed by atoms with van der Waals surface area (Å²) >= 11 is 1.58. The van der Waals surface area contributed by atoms with Crippen molar-refractivity contribution in [3.05, 3.63) is 29.3 Å². The first kappa shape index (κ1) is 14.1. The van der Waals surface area contributed by atoms with Crippen LogP contribution in [0.5, 0.6) is 0 Å². The van der Waals surface area contributed by atoms with Crippen LogP contribution in [0.1, 0.15) is 18.1 Å². The van der Waals surface area contributed by atoms with E-state index in [1.165, 1.54) is 16.0 Å². The van der Waals surface area contributed by atoms with Crippen molar-refractivity contribution >= 4 is 17.7 Å². The number of nitrogens with one attached hydrogen (secondary N) is 2. The number of amides is 1. The minimum atomic E-state index is 0.0612. The maximum Gasteiger partial charge on any atom is 0.230 e. The van der Waals surface area contributed by atoms with Crippen molar-refractivity contribution in [3.63, 3.8) is 0 Å². The normalized spacial score (nSPS) is 10.3. The molecular formula is C13H20N2OS. The topological polar surface area (TPSA) is 41.1 Å². The first-order valence-electron chi connectivity index (χ1n) is 5.81. The number of carbonyl (C=O) groups is 1. The zero-order chi connectivity index (χ0) is 12.7. The summed E-state index contributed by atoms with van der Waals surface area (Å²) in [5.74, 6) is 0.537. The van der Waals surface area contributed by atoms with Crippen LogP contribution >= 0.6 is 11.8 Å². The number of aryl methyl sites for hydroxylation is 1. The van der Waals surface area contributed by atoms with Crippen molar-refractivity contribution in [2.75, 3.05) is 19.3 Å². The first-order valence-corrected chi connectivity index (χ1v) is 6.79. The van der Waals surface area contributed by atoms with E-state index in [1.54, 1.807) is 18.8 Å². The Morgan fingerprint density at radius 1 is 1.41 bits per heavy atom. The summed E-state index contributed by atoms with van der Waals surface area (Å²) in [6.07, 6.45) is 0. The molecule has 0 bridgehead atoms. The van der Waals surface area contributed by atoms with E-state index in [4.69, 9.17) is 0 Å². The average molecular weight is 252 g/mol. The highest BCUT2D eigenvalue weighted by Crippen LogP contribution is 2.23. The van der Waals surface area contributed by atoms with Crippen molar-refractivity contribution in [2.45, 2.75) is 25.3 Å². The minimum Gasteiger partial charge on any atom is -0.358 e. The summed E-state index contributed by atoms with van der Waals surface area (Å²) in [7, 11) is 1.66. The van der Waals surface area contributed by atoms with E-state index >= 15 is 0 Å². The van der Waals surface area contributed by atoms with Crippen LogP contribution in [0.4, 0.5) is 0 Å². The fraction of sp³-hybridized carbons (Fsp3) is 0.462. The molecule has 1 aromatic rings. The maximum absolute atomic E-state index is 11.2. The van der Waals surface area contributed by atoms with E-state index in [-0.39, 0.29) is 5.91 Å². The van der Waals surface area contributed by atoms with Gasteiger partial charge in [0.15, 0.2) is 0 Å². The molecule has 1 rings (SSSR count). The summed E-state index contributed by atoms with van der Waals surface area (Å²) in [4.78, 5) is 12.3. The molecule has 94 valence electrons. The van der Waals surface area contributed by atoms with Crippen LogP contribution < -0.4 is 10.6 Å². The molecule has 0 unspecified atom stereocenters. The van der Waals surface area contributed by atoms with E-state index in [1.807, 2.05) is 0 Å². The Kier molecular flexibility index (Phi) is 6.08. The summed E-state index contributed by atoms with van der Waals surface area (Å²) in [5.41, 5.74) is 2.52. The van der Waals surface area contributed by atoms with Crippen LogP contribution in [0.15, 0.2) is 23.1 Å². The van der Waals surface area contributed by atoms with Gasteiger partial charge in [-0.3, -0.25) is 4.79 Å². The van der Waals surface area contributed by atoms with Gasteiger partial charge in [0.25, 0.3) is 0 Å². The van der Waals surface area contributed by atoms with Gasteiger partial charge < -0.3 is 10.6 Å². The number of rotatable bonds is 6. The lowest BCUT2D eigenvalue weighted by atomic mass is 10.1. The molecule has 3 nitrogen and oxygen atoms in total. The van der Waals surface area contributed by atoms with Crippen LogP contribution in [0.2, 0.25) is 0 Å². The van der Waals surface area contributed by atoms with Crippen molar-refractivity contribution in [1.29, 1.82) is 0 Å². The minimum absolute atomic E-state index is 0.0612. The molecule has 0 aliphatic rings. The number of carbonyl (C=O) groups excluding carboxylic acids is 1. The second-order valence-corrected chi connectivity index (χ2v) is 4.86. The van der Waals surface area contributed by atoms with Gasteiger partial charge in [-0.2, -0.15) is 0 Å². The number of thioether (sulfide) groups is 1. The van der Waals surface area contributed by atoms with Crippen LogP contribution in [0.3, 0.4) is 0 Å². The van der Waals surface area contributed by atoms with E-state index in [0.717, 1.165) is 13.1 Å². The van der Waals surface area contributed by atoms with Gasteiger partial charge in [-0.05, 0) is 30.7 Å². The lowest BCUT2D eigenvalue weighted by Crippen LogP contribution is -2.19. The van der Waals surface area contributed by atoms with E-state index < -0.39 is 0 Å². The molecular weight excluding hydrogens is 232 g/mol. The highest BCUT2D eigenvalue weighted by molar-refractivity contribution is 8.00. The molecule has 0 fully saturated rings. The SMILES string of the molecule is CCNCc1ccc(SCC(=O)NC)c(C)c1. The van der Waals surface area contributed by atoms with Crippen LogP contribution in [0, 0.1) is 6.92 Å². The van der Waals surface area contributed by atoms with Crippen molar-refractivity contribution < 1.29 is 4.79 Å². The van der Waals surface area contributed by atoms with E-state index in [0.29, 0.717) is 5.75 Å². The third-order valence-electron chi connectivity index (χ3n) is 2.46. The van der Waals surface area contributed by atoms with E-state index in [9.17, 15) is 4.79 Å². The zero-order valence-electron chi connectivity index (χ0n) is 10.7. The molecule has 0 spiro atoms. The molecule has 1 aromatic carbocycles. The molecule has 1 amide bonds. The fourth-order valence-electron chi connectivity index (χ4n) is 1.47. The molecule has 2 N–H and O–H groups in total. The van der Waals surface area contributed by atoms with Crippen LogP contribution in [-0.2, 0) is 11.3 Å². The smallest absolute Gasteiger partial charge is 0.230 e. The Hall–Kier alpha value is -1.00. The number of benzene rings is 1. The lowest BCUT2D eigenvalue weighted by molar-refractivity contribution is -0.118. The Morgan fingerprint density at radius 2 is 2.18 bits per heavy atom. The van der Waals surface area contributed by atoms with Gasteiger partial charge in [-0.15, -0.1) is 11.8 Å². The molecule has 0 saturated carbocycles. The Morgan fingerprint density at radius 3 is 2.76 bits per heavy atom. The van der Waals surface area contributed by atoms with E-state index in [2.05, 4.69) is 42.7 Å². The summed E-state index contributed by atoms with van der Waals surface area (Å²) in [5, 5.41) is 5.92. The summed E-state index contributed by atoms with van der Waals surface area (Å²) < 4.78 is 0. The summed E-state index contributed by atoms with van der Waals surface area (Å²) in [6, 6.07) is 6.38. The van der Waals surface area contributed by atoms with Crippen LogP contribution in [0.25, 0.3) is 0 Å². The molecule has 0 saturated heterocycles. The Labute approximate surface area is 107 Å². The monoisotopic (exact) mass is 252 g/mol. The molecule has 0 radical (unpaired) electrons. The average Bonchev–Trinajstić information content (AvgIpc) is 2.34. The second kappa shape index (κ2) is 7.35. The van der Waals surface area contributed by atoms with Crippen molar-refractivity contribution in [1.82, 2.24) is 10.6 Å². The highest BCUT2D eigenvalue weighted by Gasteiger charge is 2.04.